The van der Waals surface area contributed by atoms with Crippen molar-refractivity contribution in [2.24, 2.45) is 0 Å². The number of aromatic nitrogens is 8. The van der Waals surface area contributed by atoms with Gasteiger partial charge in [-0.1, -0.05) is 6.07 Å². The van der Waals surface area contributed by atoms with Gasteiger partial charge < -0.3 is 9.97 Å². The highest BCUT2D eigenvalue weighted by atomic mass is 15.1. The van der Waals surface area contributed by atoms with Gasteiger partial charge in [-0.3, -0.25) is 10.1 Å². The molecule has 126 valence electrons. The SMILES string of the molecule is c1c[nH]cn1.c1ccncc1.c1cn[nH]c1.c1ncc2[nH]ccc2n1. The molecule has 0 aliphatic rings. The van der Waals surface area contributed by atoms with Crippen LogP contribution in [0.2, 0.25) is 0 Å². The lowest BCUT2D eigenvalue weighted by Crippen LogP contribution is -1.74. The number of H-pyrrole nitrogens is 3. The molecule has 5 aromatic rings. The van der Waals surface area contributed by atoms with Crippen LogP contribution in [0, 0.1) is 0 Å². The predicted molar refractivity (Wildman–Crippen MR) is 95.3 cm³/mol. The van der Waals surface area contributed by atoms with Gasteiger partial charge in [0.1, 0.15) is 6.33 Å². The van der Waals surface area contributed by atoms with Crippen molar-refractivity contribution in [1.29, 1.82) is 0 Å². The summed E-state index contributed by atoms with van der Waals surface area (Å²) in [4.78, 5) is 21.0. The molecule has 0 aromatic carbocycles. The van der Waals surface area contributed by atoms with Crippen LogP contribution >= 0.6 is 0 Å². The van der Waals surface area contributed by atoms with Crippen LogP contribution in [0.1, 0.15) is 0 Å². The third kappa shape index (κ3) is 7.84. The van der Waals surface area contributed by atoms with Gasteiger partial charge in [0, 0.05) is 43.4 Å². The van der Waals surface area contributed by atoms with E-state index in [9.17, 15) is 0 Å². The highest BCUT2D eigenvalue weighted by molar-refractivity contribution is 5.72. The van der Waals surface area contributed by atoms with E-state index in [0.29, 0.717) is 0 Å². The average Bonchev–Trinajstić information content (AvgIpc) is 3.49. The Labute approximate surface area is 144 Å². The Bertz CT molecular complexity index is 736. The van der Waals surface area contributed by atoms with Crippen molar-refractivity contribution in [3.8, 4) is 0 Å². The fraction of sp³-hybridized carbons (Fsp3) is 0. The molecule has 0 amide bonds. The largest absolute Gasteiger partial charge is 0.359 e. The maximum Gasteiger partial charge on any atom is 0.116 e. The van der Waals surface area contributed by atoms with E-state index >= 15 is 0 Å². The van der Waals surface area contributed by atoms with Crippen LogP contribution in [-0.2, 0) is 0 Å². The van der Waals surface area contributed by atoms with E-state index in [4.69, 9.17) is 0 Å². The van der Waals surface area contributed by atoms with Crippen LogP contribution in [0.25, 0.3) is 11.0 Å². The van der Waals surface area contributed by atoms with Gasteiger partial charge >= 0.3 is 0 Å². The van der Waals surface area contributed by atoms with Gasteiger partial charge in [0.25, 0.3) is 0 Å². The van der Waals surface area contributed by atoms with Gasteiger partial charge in [0.15, 0.2) is 0 Å². The van der Waals surface area contributed by atoms with Crippen LogP contribution in [-0.4, -0.2) is 40.1 Å². The molecule has 0 fully saturated rings. The van der Waals surface area contributed by atoms with Crippen LogP contribution in [0.4, 0.5) is 0 Å². The van der Waals surface area contributed by atoms with Crippen molar-refractivity contribution in [3.63, 3.8) is 0 Å². The minimum absolute atomic E-state index is 0.963. The molecule has 0 atom stereocenters. The molecular weight excluding hydrogens is 316 g/mol. The van der Waals surface area contributed by atoms with E-state index in [1.165, 1.54) is 6.33 Å². The van der Waals surface area contributed by atoms with Crippen molar-refractivity contribution in [1.82, 2.24) is 40.1 Å². The molecule has 25 heavy (non-hydrogen) atoms. The van der Waals surface area contributed by atoms with Crippen molar-refractivity contribution >= 4 is 11.0 Å². The van der Waals surface area contributed by atoms with Crippen molar-refractivity contribution in [2.75, 3.05) is 0 Å². The first-order valence-corrected chi connectivity index (χ1v) is 7.41. The number of imidazole rings is 1. The molecule has 0 saturated heterocycles. The minimum Gasteiger partial charge on any atom is -0.359 e. The number of hydrogen-bond donors (Lipinski definition) is 3. The quantitative estimate of drug-likeness (QED) is 0.403. The summed E-state index contributed by atoms with van der Waals surface area (Å²) in [6, 6.07) is 9.46. The summed E-state index contributed by atoms with van der Waals surface area (Å²) in [5, 5.41) is 6.21. The molecule has 0 aliphatic heterocycles. The summed E-state index contributed by atoms with van der Waals surface area (Å²) >= 11 is 0. The molecule has 0 saturated carbocycles. The summed E-state index contributed by atoms with van der Waals surface area (Å²) < 4.78 is 0. The van der Waals surface area contributed by atoms with Crippen LogP contribution in [0.15, 0.2) is 92.6 Å². The Hall–Kier alpha value is -3.81. The third-order valence-electron chi connectivity index (χ3n) is 2.60. The summed E-state index contributed by atoms with van der Waals surface area (Å²) in [5.41, 5.74) is 1.95. The van der Waals surface area contributed by atoms with E-state index in [1.807, 2.05) is 36.5 Å². The normalized spacial score (nSPS) is 8.80. The molecule has 3 N–H and O–H groups in total. The first kappa shape index (κ1) is 17.5. The van der Waals surface area contributed by atoms with Gasteiger partial charge in [0.2, 0.25) is 0 Å². The molecule has 0 unspecified atom stereocenters. The molecule has 0 spiro atoms. The highest BCUT2D eigenvalue weighted by Gasteiger charge is 1.89. The molecule has 0 aliphatic carbocycles. The fourth-order valence-electron chi connectivity index (χ4n) is 1.54. The monoisotopic (exact) mass is 334 g/mol. The standard InChI is InChI=1S/C6H5N3.C5H5N.2C3H4N2/c1-2-8-6-3-7-4-9-5(1)6;1-2-4-6-5-3-1;1-2-5-3-4-1;1-2-4-5-3-1/h1-4,8H;1-5H;2*1-3H,(H,4,5). The second kappa shape index (κ2) is 11.7. The topological polar surface area (TPSA) is 112 Å². The summed E-state index contributed by atoms with van der Waals surface area (Å²) in [7, 11) is 0. The van der Waals surface area contributed by atoms with E-state index in [0.717, 1.165) is 11.0 Å². The Kier molecular flexibility index (Phi) is 8.22. The molecule has 8 heteroatoms. The number of fused-ring (bicyclic) bond motifs is 1. The van der Waals surface area contributed by atoms with Crippen LogP contribution in [0.3, 0.4) is 0 Å². The minimum atomic E-state index is 0.963. The summed E-state index contributed by atoms with van der Waals surface area (Å²) in [5.74, 6) is 0. The zero-order valence-corrected chi connectivity index (χ0v) is 13.4. The molecule has 8 nitrogen and oxygen atoms in total. The Balaban J connectivity index is 0.000000125. The van der Waals surface area contributed by atoms with E-state index in [1.54, 1.807) is 49.7 Å². The maximum absolute atomic E-state index is 4.00. The lowest BCUT2D eigenvalue weighted by atomic mass is 10.5. The number of aromatic amines is 3. The zero-order chi connectivity index (χ0) is 17.4. The van der Waals surface area contributed by atoms with Crippen molar-refractivity contribution < 1.29 is 0 Å². The van der Waals surface area contributed by atoms with Gasteiger partial charge in [-0.2, -0.15) is 5.10 Å². The second-order valence-electron chi connectivity index (χ2n) is 4.35. The highest BCUT2D eigenvalue weighted by Crippen LogP contribution is 2.03. The van der Waals surface area contributed by atoms with Crippen molar-refractivity contribution in [2.45, 2.75) is 0 Å². The van der Waals surface area contributed by atoms with E-state index < -0.39 is 0 Å². The van der Waals surface area contributed by atoms with Crippen LogP contribution < -0.4 is 0 Å². The first-order chi connectivity index (χ1) is 12.5. The maximum atomic E-state index is 4.00. The summed E-state index contributed by atoms with van der Waals surface area (Å²) in [6.07, 6.45) is 17.2. The van der Waals surface area contributed by atoms with Crippen molar-refractivity contribution in [3.05, 3.63) is 92.6 Å². The van der Waals surface area contributed by atoms with E-state index in [2.05, 4.69) is 40.1 Å². The molecule has 0 bridgehead atoms. The number of rotatable bonds is 0. The Morgan fingerprint density at radius 3 is 2.12 bits per heavy atom. The molecule has 5 heterocycles. The Morgan fingerprint density at radius 2 is 1.68 bits per heavy atom. The van der Waals surface area contributed by atoms with Crippen LogP contribution in [0.5, 0.6) is 0 Å². The molecule has 0 radical (unpaired) electrons. The molecule has 5 rings (SSSR count). The van der Waals surface area contributed by atoms with Gasteiger partial charge in [-0.25, -0.2) is 15.0 Å². The lowest BCUT2D eigenvalue weighted by molar-refractivity contribution is 1.09. The summed E-state index contributed by atoms with van der Waals surface area (Å²) in [6.45, 7) is 0. The molecular formula is C17H18N8. The van der Waals surface area contributed by atoms with Gasteiger partial charge in [0.05, 0.1) is 23.6 Å². The average molecular weight is 334 g/mol. The fourth-order valence-corrected chi connectivity index (χ4v) is 1.54. The molecule has 5 aromatic heterocycles. The van der Waals surface area contributed by atoms with Gasteiger partial charge in [-0.05, 0) is 24.3 Å². The second-order valence-corrected chi connectivity index (χ2v) is 4.35. The first-order valence-electron chi connectivity index (χ1n) is 7.41. The number of nitrogens with zero attached hydrogens (tertiary/aromatic N) is 5. The number of hydrogen-bond acceptors (Lipinski definition) is 5. The van der Waals surface area contributed by atoms with E-state index in [-0.39, 0.29) is 0 Å². The third-order valence-corrected chi connectivity index (χ3v) is 2.60. The predicted octanol–water partition coefficient (Wildman–Crippen LogP) is 2.86. The van der Waals surface area contributed by atoms with Gasteiger partial charge in [-0.15, -0.1) is 0 Å². The Morgan fingerprint density at radius 1 is 0.760 bits per heavy atom. The lowest BCUT2D eigenvalue weighted by Gasteiger charge is -1.82. The smallest absolute Gasteiger partial charge is 0.116 e. The number of nitrogens with one attached hydrogen (secondary N) is 3. The number of pyridine rings is 1. The zero-order valence-electron chi connectivity index (χ0n) is 13.4.